The van der Waals surface area contributed by atoms with Gasteiger partial charge in [0.15, 0.2) is 5.11 Å². The Morgan fingerprint density at radius 3 is 2.70 bits per heavy atom. The van der Waals surface area contributed by atoms with E-state index in [1.807, 2.05) is 50.2 Å². The summed E-state index contributed by atoms with van der Waals surface area (Å²) in [4.78, 5) is 0. The first kappa shape index (κ1) is 21.0. The molecule has 0 aliphatic carbocycles. The van der Waals surface area contributed by atoms with Crippen LogP contribution in [0.1, 0.15) is 39.2 Å². The molecule has 0 aliphatic rings. The summed E-state index contributed by atoms with van der Waals surface area (Å²) < 4.78 is 11.5. The highest BCUT2D eigenvalue weighted by Crippen LogP contribution is 2.20. The normalized spacial score (nSPS) is 10.5. The maximum atomic E-state index is 5.81. The summed E-state index contributed by atoms with van der Waals surface area (Å²) in [5, 5.41) is 7.09. The molecular weight excluding hydrogens is 356 g/mol. The SMILES string of the molecule is CCCOc1ccccc1CCCNC(=S)Nc1cccc(OC(C)C)c1. The zero-order valence-electron chi connectivity index (χ0n) is 16.5. The van der Waals surface area contributed by atoms with Crippen LogP contribution < -0.4 is 20.1 Å². The molecule has 0 saturated carbocycles. The fraction of sp³-hybridized carbons (Fsp3) is 0.409. The molecular formula is C22H30N2O2S. The molecule has 0 aromatic heterocycles. The van der Waals surface area contributed by atoms with E-state index < -0.39 is 0 Å². The Hall–Kier alpha value is -2.27. The minimum absolute atomic E-state index is 0.148. The lowest BCUT2D eigenvalue weighted by atomic mass is 10.1. The van der Waals surface area contributed by atoms with Crippen molar-refractivity contribution in [3.8, 4) is 11.5 Å². The molecule has 27 heavy (non-hydrogen) atoms. The molecule has 2 rings (SSSR count). The van der Waals surface area contributed by atoms with Gasteiger partial charge in [0.05, 0.1) is 12.7 Å². The van der Waals surface area contributed by atoms with Crippen LogP contribution in [0, 0.1) is 0 Å². The van der Waals surface area contributed by atoms with Crippen LogP contribution in [0.15, 0.2) is 48.5 Å². The van der Waals surface area contributed by atoms with E-state index >= 15 is 0 Å². The van der Waals surface area contributed by atoms with Crippen molar-refractivity contribution < 1.29 is 9.47 Å². The van der Waals surface area contributed by atoms with Crippen molar-refractivity contribution in [1.82, 2.24) is 5.32 Å². The van der Waals surface area contributed by atoms with Crippen molar-refractivity contribution in [3.05, 3.63) is 54.1 Å². The number of benzene rings is 2. The van der Waals surface area contributed by atoms with E-state index in [4.69, 9.17) is 21.7 Å². The van der Waals surface area contributed by atoms with Crippen molar-refractivity contribution in [1.29, 1.82) is 0 Å². The van der Waals surface area contributed by atoms with Gasteiger partial charge < -0.3 is 20.1 Å². The third-order valence-electron chi connectivity index (χ3n) is 3.81. The van der Waals surface area contributed by atoms with Crippen LogP contribution in [-0.2, 0) is 6.42 Å². The first-order valence-electron chi connectivity index (χ1n) is 9.60. The van der Waals surface area contributed by atoms with Gasteiger partial charge in [0.25, 0.3) is 0 Å². The van der Waals surface area contributed by atoms with Crippen LogP contribution in [-0.4, -0.2) is 24.4 Å². The number of anilines is 1. The topological polar surface area (TPSA) is 42.5 Å². The maximum absolute atomic E-state index is 5.81. The lowest BCUT2D eigenvalue weighted by Crippen LogP contribution is -2.29. The van der Waals surface area contributed by atoms with Crippen molar-refractivity contribution in [2.45, 2.75) is 46.1 Å². The van der Waals surface area contributed by atoms with E-state index in [0.717, 1.165) is 49.6 Å². The molecule has 5 heteroatoms. The molecule has 2 aromatic rings. The van der Waals surface area contributed by atoms with Crippen molar-refractivity contribution in [2.75, 3.05) is 18.5 Å². The first-order valence-corrected chi connectivity index (χ1v) is 10.0. The van der Waals surface area contributed by atoms with Gasteiger partial charge in [-0.3, -0.25) is 0 Å². The zero-order valence-corrected chi connectivity index (χ0v) is 17.3. The molecule has 0 unspecified atom stereocenters. The van der Waals surface area contributed by atoms with Gasteiger partial charge in [-0.25, -0.2) is 0 Å². The number of hydrogen-bond acceptors (Lipinski definition) is 3. The molecule has 0 radical (unpaired) electrons. The molecule has 0 spiro atoms. The summed E-state index contributed by atoms with van der Waals surface area (Å²) in [6.07, 6.45) is 3.09. The number of aryl methyl sites for hydroxylation is 1. The maximum Gasteiger partial charge on any atom is 0.170 e. The van der Waals surface area contributed by atoms with Gasteiger partial charge in [-0.1, -0.05) is 31.2 Å². The molecule has 0 fully saturated rings. The van der Waals surface area contributed by atoms with Gasteiger partial charge in [-0.05, 0) is 69.1 Å². The molecule has 146 valence electrons. The quantitative estimate of drug-likeness (QED) is 0.435. The largest absolute Gasteiger partial charge is 0.493 e. The molecule has 0 atom stereocenters. The minimum Gasteiger partial charge on any atom is -0.493 e. The van der Waals surface area contributed by atoms with E-state index in [1.165, 1.54) is 5.56 Å². The second kappa shape index (κ2) is 11.4. The number of ether oxygens (including phenoxy) is 2. The van der Waals surface area contributed by atoms with E-state index in [9.17, 15) is 0 Å². The van der Waals surface area contributed by atoms with E-state index in [1.54, 1.807) is 0 Å². The minimum atomic E-state index is 0.148. The second-order valence-corrected chi connectivity index (χ2v) is 7.04. The average molecular weight is 387 g/mol. The van der Waals surface area contributed by atoms with Crippen LogP contribution in [0.2, 0.25) is 0 Å². The molecule has 2 N–H and O–H groups in total. The van der Waals surface area contributed by atoms with Crippen LogP contribution in [0.5, 0.6) is 11.5 Å². The predicted octanol–water partition coefficient (Wildman–Crippen LogP) is 5.18. The van der Waals surface area contributed by atoms with Crippen LogP contribution in [0.4, 0.5) is 5.69 Å². The molecule has 0 aliphatic heterocycles. The molecule has 0 amide bonds. The Kier molecular flexibility index (Phi) is 8.92. The molecule has 2 aromatic carbocycles. The molecule has 0 saturated heterocycles. The number of rotatable bonds is 10. The smallest absolute Gasteiger partial charge is 0.170 e. The molecule has 0 bridgehead atoms. The number of hydrogen-bond donors (Lipinski definition) is 2. The summed E-state index contributed by atoms with van der Waals surface area (Å²) >= 11 is 5.39. The highest BCUT2D eigenvalue weighted by Gasteiger charge is 2.04. The standard InChI is InChI=1S/C22H30N2O2S/c1-4-15-25-21-13-6-5-9-18(21)10-8-14-23-22(27)24-19-11-7-12-20(16-19)26-17(2)3/h5-7,9,11-13,16-17H,4,8,10,14-15H2,1-3H3,(H2,23,24,27). The average Bonchev–Trinajstić information content (AvgIpc) is 2.64. The van der Waals surface area contributed by atoms with Gasteiger partial charge in [-0.2, -0.15) is 0 Å². The van der Waals surface area contributed by atoms with Gasteiger partial charge in [-0.15, -0.1) is 0 Å². The van der Waals surface area contributed by atoms with Gasteiger partial charge in [0.2, 0.25) is 0 Å². The Labute approximate surface area is 168 Å². The fourth-order valence-corrected chi connectivity index (χ4v) is 2.86. The van der Waals surface area contributed by atoms with Gasteiger partial charge in [0.1, 0.15) is 11.5 Å². The Balaban J connectivity index is 1.75. The van der Waals surface area contributed by atoms with Crippen molar-refractivity contribution in [2.24, 2.45) is 0 Å². The highest BCUT2D eigenvalue weighted by atomic mass is 32.1. The van der Waals surface area contributed by atoms with Crippen LogP contribution in [0.3, 0.4) is 0 Å². The van der Waals surface area contributed by atoms with E-state index in [-0.39, 0.29) is 6.10 Å². The van der Waals surface area contributed by atoms with Crippen LogP contribution >= 0.6 is 12.2 Å². The number of nitrogens with one attached hydrogen (secondary N) is 2. The van der Waals surface area contributed by atoms with Gasteiger partial charge in [0, 0.05) is 18.3 Å². The summed E-state index contributed by atoms with van der Waals surface area (Å²) in [6, 6.07) is 16.1. The summed E-state index contributed by atoms with van der Waals surface area (Å²) in [5.41, 5.74) is 2.16. The van der Waals surface area contributed by atoms with E-state index in [2.05, 4.69) is 29.7 Å². The lowest BCUT2D eigenvalue weighted by molar-refractivity contribution is 0.242. The summed E-state index contributed by atoms with van der Waals surface area (Å²) in [6.45, 7) is 7.69. The van der Waals surface area contributed by atoms with E-state index in [0.29, 0.717) is 5.11 Å². The summed E-state index contributed by atoms with van der Waals surface area (Å²) in [5.74, 6) is 1.82. The van der Waals surface area contributed by atoms with Crippen molar-refractivity contribution >= 4 is 23.0 Å². The highest BCUT2D eigenvalue weighted by molar-refractivity contribution is 7.80. The Bertz CT molecular complexity index is 719. The van der Waals surface area contributed by atoms with Crippen molar-refractivity contribution in [3.63, 3.8) is 0 Å². The Morgan fingerprint density at radius 1 is 1.11 bits per heavy atom. The van der Waals surface area contributed by atoms with Gasteiger partial charge >= 0.3 is 0 Å². The third-order valence-corrected chi connectivity index (χ3v) is 4.05. The third kappa shape index (κ3) is 7.87. The predicted molar refractivity (Wildman–Crippen MR) is 117 cm³/mol. The first-order chi connectivity index (χ1) is 13.1. The number of para-hydroxylation sites is 1. The van der Waals surface area contributed by atoms with Crippen LogP contribution in [0.25, 0.3) is 0 Å². The summed E-state index contributed by atoms with van der Waals surface area (Å²) in [7, 11) is 0. The fourth-order valence-electron chi connectivity index (χ4n) is 2.64. The molecule has 0 heterocycles. The molecule has 4 nitrogen and oxygen atoms in total. The second-order valence-electron chi connectivity index (χ2n) is 6.64. The number of thiocarbonyl (C=S) groups is 1. The monoisotopic (exact) mass is 386 g/mol. The Morgan fingerprint density at radius 2 is 1.93 bits per heavy atom. The lowest BCUT2D eigenvalue weighted by Gasteiger charge is -2.14. The zero-order chi connectivity index (χ0) is 19.5.